The number of rotatable bonds is 0. The monoisotopic (exact) mass is 242 g/mol. The third kappa shape index (κ3) is 1.59. The topological polar surface area (TPSA) is 0 Å². The summed E-state index contributed by atoms with van der Waals surface area (Å²) < 4.78 is 0. The van der Waals surface area contributed by atoms with Crippen molar-refractivity contribution in [3.8, 4) is 0 Å². The number of hydrogen-bond acceptors (Lipinski definition) is 0. The van der Waals surface area contributed by atoms with Crippen molar-refractivity contribution in [2.24, 2.45) is 0 Å². The first-order chi connectivity index (χ1) is 8.09. The van der Waals surface area contributed by atoms with Crippen LogP contribution >= 0.6 is 11.6 Å². The van der Waals surface area contributed by atoms with Crippen LogP contribution in [0.25, 0.3) is 0 Å². The number of fused-ring (bicyclic) bond motifs is 2. The van der Waals surface area contributed by atoms with Gasteiger partial charge in [0.2, 0.25) is 0 Å². The molecule has 3 rings (SSSR count). The molecule has 17 heavy (non-hydrogen) atoms. The molecule has 0 amide bonds. The van der Waals surface area contributed by atoms with Gasteiger partial charge in [0.05, 0.1) is 0 Å². The molecule has 0 aliphatic heterocycles. The second-order valence-corrected chi connectivity index (χ2v) is 5.70. The van der Waals surface area contributed by atoms with E-state index in [0.717, 1.165) is 11.4 Å². The van der Waals surface area contributed by atoms with Crippen LogP contribution in [0.3, 0.4) is 0 Å². The molecule has 0 atom stereocenters. The lowest BCUT2D eigenvalue weighted by atomic mass is 9.69. The van der Waals surface area contributed by atoms with Crippen molar-refractivity contribution in [3.05, 3.63) is 69.7 Å². The predicted molar refractivity (Wildman–Crippen MR) is 72.8 cm³/mol. The van der Waals surface area contributed by atoms with Crippen LogP contribution in [-0.4, -0.2) is 0 Å². The van der Waals surface area contributed by atoms with Gasteiger partial charge in [0.25, 0.3) is 0 Å². The minimum Gasteiger partial charge on any atom is -0.0843 e. The van der Waals surface area contributed by atoms with Crippen molar-refractivity contribution in [2.45, 2.75) is 25.7 Å². The zero-order valence-corrected chi connectivity index (χ0v) is 10.9. The molecule has 1 aliphatic carbocycles. The first kappa shape index (κ1) is 10.9. The Bertz CT molecular complexity index is 582. The number of benzene rings is 2. The Morgan fingerprint density at radius 2 is 1.65 bits per heavy atom. The average molecular weight is 243 g/mol. The molecule has 1 aliphatic rings. The van der Waals surface area contributed by atoms with E-state index in [9.17, 15) is 0 Å². The minimum absolute atomic E-state index is 0.0507. The third-order valence-corrected chi connectivity index (χ3v) is 4.05. The van der Waals surface area contributed by atoms with Gasteiger partial charge in [0.1, 0.15) is 0 Å². The molecule has 0 unspecified atom stereocenters. The average Bonchev–Trinajstić information content (AvgIpc) is 2.31. The van der Waals surface area contributed by atoms with Crippen molar-refractivity contribution >= 4 is 11.6 Å². The second kappa shape index (κ2) is 3.61. The third-order valence-electron chi connectivity index (χ3n) is 3.82. The van der Waals surface area contributed by atoms with E-state index in [1.165, 1.54) is 22.3 Å². The van der Waals surface area contributed by atoms with Gasteiger partial charge >= 0.3 is 0 Å². The fraction of sp³-hybridized carbons (Fsp3) is 0.250. The normalized spacial score (nSPS) is 16.2. The first-order valence-electron chi connectivity index (χ1n) is 5.96. The van der Waals surface area contributed by atoms with E-state index in [4.69, 9.17) is 11.6 Å². The molecule has 0 spiro atoms. The summed E-state index contributed by atoms with van der Waals surface area (Å²) in [5.74, 6) is 0. The van der Waals surface area contributed by atoms with Crippen LogP contribution in [0, 0.1) is 0 Å². The molecule has 0 radical (unpaired) electrons. The van der Waals surface area contributed by atoms with E-state index in [1.807, 2.05) is 6.07 Å². The predicted octanol–water partition coefficient (Wildman–Crippen LogP) is 4.57. The molecule has 2 aromatic carbocycles. The van der Waals surface area contributed by atoms with Gasteiger partial charge in [-0.15, -0.1) is 0 Å². The first-order valence-corrected chi connectivity index (χ1v) is 6.34. The smallest absolute Gasteiger partial charge is 0.0409 e. The molecule has 0 nitrogen and oxygen atoms in total. The van der Waals surface area contributed by atoms with Crippen LogP contribution in [0.5, 0.6) is 0 Å². The maximum atomic E-state index is 6.13. The lowest BCUT2D eigenvalue weighted by Crippen LogP contribution is -2.26. The maximum absolute atomic E-state index is 6.13. The molecule has 0 heterocycles. The Kier molecular flexibility index (Phi) is 2.31. The molecule has 0 saturated heterocycles. The molecule has 0 bridgehead atoms. The van der Waals surface area contributed by atoms with E-state index in [0.29, 0.717) is 0 Å². The fourth-order valence-electron chi connectivity index (χ4n) is 2.92. The molecule has 2 aromatic rings. The van der Waals surface area contributed by atoms with Gasteiger partial charge in [0.15, 0.2) is 0 Å². The van der Waals surface area contributed by atoms with Gasteiger partial charge in [-0.25, -0.2) is 0 Å². The Balaban J connectivity index is 2.27. The number of halogens is 1. The fourth-order valence-corrected chi connectivity index (χ4v) is 3.09. The van der Waals surface area contributed by atoms with Gasteiger partial charge in [-0.1, -0.05) is 55.8 Å². The van der Waals surface area contributed by atoms with Gasteiger partial charge < -0.3 is 0 Å². The summed E-state index contributed by atoms with van der Waals surface area (Å²) in [5.41, 5.74) is 5.68. The summed E-state index contributed by atoms with van der Waals surface area (Å²) in [7, 11) is 0. The lowest BCUT2D eigenvalue weighted by molar-refractivity contribution is 0.610. The Morgan fingerprint density at radius 3 is 2.47 bits per heavy atom. The van der Waals surface area contributed by atoms with Gasteiger partial charge in [-0.05, 0) is 40.8 Å². The van der Waals surface area contributed by atoms with E-state index in [-0.39, 0.29) is 5.41 Å². The highest BCUT2D eigenvalue weighted by molar-refractivity contribution is 6.30. The highest BCUT2D eigenvalue weighted by atomic mass is 35.5. The summed E-state index contributed by atoms with van der Waals surface area (Å²) in [5, 5.41) is 0.830. The zero-order valence-electron chi connectivity index (χ0n) is 10.1. The quantitative estimate of drug-likeness (QED) is 0.635. The largest absolute Gasteiger partial charge is 0.0843 e. The van der Waals surface area contributed by atoms with Crippen LogP contribution in [-0.2, 0) is 11.8 Å². The molecule has 1 heteroatoms. The lowest BCUT2D eigenvalue weighted by Gasteiger charge is -2.35. The van der Waals surface area contributed by atoms with E-state index in [2.05, 4.69) is 50.2 Å². The van der Waals surface area contributed by atoms with Crippen molar-refractivity contribution in [1.82, 2.24) is 0 Å². The van der Waals surface area contributed by atoms with Crippen LogP contribution < -0.4 is 0 Å². The van der Waals surface area contributed by atoms with Crippen LogP contribution in [0.4, 0.5) is 0 Å². The van der Waals surface area contributed by atoms with Gasteiger partial charge in [-0.3, -0.25) is 0 Å². The second-order valence-electron chi connectivity index (χ2n) is 5.26. The van der Waals surface area contributed by atoms with Crippen LogP contribution in [0.2, 0.25) is 5.02 Å². The summed E-state index contributed by atoms with van der Waals surface area (Å²) in [4.78, 5) is 0. The summed E-state index contributed by atoms with van der Waals surface area (Å²) in [6.07, 6.45) is 1.02. The zero-order chi connectivity index (χ0) is 12.0. The molecule has 0 N–H and O–H groups in total. The molecule has 0 aromatic heterocycles. The van der Waals surface area contributed by atoms with E-state index >= 15 is 0 Å². The summed E-state index contributed by atoms with van der Waals surface area (Å²) in [6, 6.07) is 15.0. The Labute approximate surface area is 107 Å². The standard InChI is InChI=1S/C16H15Cl/c1-16(2)14-6-4-3-5-11(14)9-12-7-8-13(17)10-15(12)16/h3-8,10H,9H2,1-2H3. The summed E-state index contributed by atoms with van der Waals surface area (Å²) in [6.45, 7) is 4.56. The SMILES string of the molecule is CC1(C)c2ccccc2Cc2ccc(Cl)cc21. The van der Waals surface area contributed by atoms with Crippen LogP contribution in [0.1, 0.15) is 36.1 Å². The van der Waals surface area contributed by atoms with Crippen molar-refractivity contribution < 1.29 is 0 Å². The van der Waals surface area contributed by atoms with E-state index in [1.54, 1.807) is 0 Å². The minimum atomic E-state index is 0.0507. The van der Waals surface area contributed by atoms with Crippen molar-refractivity contribution in [3.63, 3.8) is 0 Å². The van der Waals surface area contributed by atoms with E-state index < -0.39 is 0 Å². The maximum Gasteiger partial charge on any atom is 0.0409 e. The molecular weight excluding hydrogens is 228 g/mol. The molecule has 0 fully saturated rings. The Hall–Kier alpha value is -1.27. The van der Waals surface area contributed by atoms with Gasteiger partial charge in [0, 0.05) is 10.4 Å². The van der Waals surface area contributed by atoms with Crippen molar-refractivity contribution in [1.29, 1.82) is 0 Å². The Morgan fingerprint density at radius 1 is 0.941 bits per heavy atom. The highest BCUT2D eigenvalue weighted by Crippen LogP contribution is 2.41. The summed E-state index contributed by atoms with van der Waals surface area (Å²) >= 11 is 6.13. The molecular formula is C16H15Cl. The van der Waals surface area contributed by atoms with Crippen molar-refractivity contribution in [2.75, 3.05) is 0 Å². The molecule has 86 valence electrons. The number of hydrogen-bond donors (Lipinski definition) is 0. The highest BCUT2D eigenvalue weighted by Gasteiger charge is 2.31. The van der Waals surface area contributed by atoms with Gasteiger partial charge in [-0.2, -0.15) is 0 Å². The molecule has 0 saturated carbocycles. The van der Waals surface area contributed by atoms with Crippen LogP contribution in [0.15, 0.2) is 42.5 Å².